The highest BCUT2D eigenvalue weighted by atomic mass is 16.5. The topological polar surface area (TPSA) is 54.4 Å². The molecule has 1 atom stereocenters. The molecule has 2 heterocycles. The minimum absolute atomic E-state index is 0.119. The van der Waals surface area contributed by atoms with Crippen molar-refractivity contribution < 1.29 is 9.84 Å². The van der Waals surface area contributed by atoms with Gasteiger partial charge in [-0.3, -0.25) is 0 Å². The Kier molecular flexibility index (Phi) is 3.64. The van der Waals surface area contributed by atoms with Crippen LogP contribution in [0.2, 0.25) is 0 Å². The van der Waals surface area contributed by atoms with Gasteiger partial charge >= 0.3 is 0 Å². The summed E-state index contributed by atoms with van der Waals surface area (Å²) < 4.78 is 5.54. The van der Waals surface area contributed by atoms with Crippen LogP contribution in [0.5, 0.6) is 5.88 Å². The molecule has 0 aliphatic carbocycles. The number of β-amino-alcohol motifs (C(OH)–C–C–N with tert-alkyl or cyclic N) is 1. The minimum atomic E-state index is -0.649. The molecule has 0 radical (unpaired) electrons. The van der Waals surface area contributed by atoms with Crippen molar-refractivity contribution in [3.8, 4) is 5.88 Å². The molecule has 0 aromatic carbocycles. The number of nitrogens with one attached hydrogen (secondary N) is 1. The first-order valence-electron chi connectivity index (χ1n) is 6.13. The second-order valence-corrected chi connectivity index (χ2v) is 4.96. The molecule has 1 aliphatic heterocycles. The fraction of sp³-hybridized carbons (Fsp3) is 0.615. The van der Waals surface area contributed by atoms with E-state index in [1.54, 1.807) is 0 Å². The van der Waals surface area contributed by atoms with Crippen LogP contribution in [0.25, 0.3) is 0 Å². The Labute approximate surface area is 102 Å². The molecule has 0 amide bonds. The van der Waals surface area contributed by atoms with E-state index in [4.69, 9.17) is 4.74 Å². The van der Waals surface area contributed by atoms with Gasteiger partial charge in [0.2, 0.25) is 5.88 Å². The summed E-state index contributed by atoms with van der Waals surface area (Å²) in [6.07, 6.45) is 1.48. The van der Waals surface area contributed by atoms with Gasteiger partial charge in [0.05, 0.1) is 11.7 Å². The molecule has 0 spiro atoms. The third kappa shape index (κ3) is 3.41. The lowest BCUT2D eigenvalue weighted by Gasteiger charge is -2.20. The van der Waals surface area contributed by atoms with Crippen LogP contribution in [0.1, 0.15) is 26.0 Å². The fourth-order valence-electron chi connectivity index (χ4n) is 2.08. The summed E-state index contributed by atoms with van der Waals surface area (Å²) in [5, 5.41) is 13.4. The molecule has 17 heavy (non-hydrogen) atoms. The zero-order chi connectivity index (χ0) is 12.3. The second kappa shape index (κ2) is 5.02. The highest BCUT2D eigenvalue weighted by molar-refractivity contribution is 5.18. The number of hydrogen-bond donors (Lipinski definition) is 2. The maximum atomic E-state index is 10.3. The minimum Gasteiger partial charge on any atom is -0.475 e. The Morgan fingerprint density at radius 1 is 1.53 bits per heavy atom. The number of aromatic nitrogens is 1. The largest absolute Gasteiger partial charge is 0.475 e. The van der Waals surface area contributed by atoms with Crippen molar-refractivity contribution in [2.24, 2.45) is 0 Å². The van der Waals surface area contributed by atoms with E-state index in [9.17, 15) is 5.11 Å². The molecule has 2 N–H and O–H groups in total. The summed E-state index contributed by atoms with van der Waals surface area (Å²) in [7, 11) is 0. The Morgan fingerprint density at radius 3 is 3.00 bits per heavy atom. The van der Waals surface area contributed by atoms with Crippen molar-refractivity contribution in [3.05, 3.63) is 23.9 Å². The molecule has 4 heteroatoms. The van der Waals surface area contributed by atoms with Crippen LogP contribution in [0.15, 0.2) is 18.2 Å². The highest BCUT2D eigenvalue weighted by Crippen LogP contribution is 2.20. The van der Waals surface area contributed by atoms with Gasteiger partial charge in [-0.1, -0.05) is 6.07 Å². The van der Waals surface area contributed by atoms with Crippen LogP contribution in [0, 0.1) is 0 Å². The first-order chi connectivity index (χ1) is 8.07. The molecular formula is C13H20N2O2. The smallest absolute Gasteiger partial charge is 0.213 e. The van der Waals surface area contributed by atoms with Gasteiger partial charge in [-0.15, -0.1) is 0 Å². The molecule has 1 aromatic heterocycles. The van der Waals surface area contributed by atoms with Gasteiger partial charge in [0, 0.05) is 24.7 Å². The van der Waals surface area contributed by atoms with Crippen molar-refractivity contribution in [3.63, 3.8) is 0 Å². The summed E-state index contributed by atoms with van der Waals surface area (Å²) in [5.41, 5.74) is 0.234. The molecule has 1 fully saturated rings. The highest BCUT2D eigenvalue weighted by Gasteiger charge is 2.31. The zero-order valence-corrected chi connectivity index (χ0v) is 10.4. The Balaban J connectivity index is 2.05. The fourth-order valence-corrected chi connectivity index (χ4v) is 2.08. The van der Waals surface area contributed by atoms with E-state index >= 15 is 0 Å². The molecule has 0 saturated carbocycles. The maximum Gasteiger partial charge on any atom is 0.213 e. The van der Waals surface area contributed by atoms with Gasteiger partial charge in [-0.2, -0.15) is 0 Å². The first-order valence-corrected chi connectivity index (χ1v) is 6.13. The molecule has 1 aromatic rings. The Morgan fingerprint density at radius 2 is 2.35 bits per heavy atom. The number of rotatable bonds is 4. The van der Waals surface area contributed by atoms with Crippen LogP contribution in [-0.2, 0) is 6.42 Å². The lowest BCUT2D eigenvalue weighted by Crippen LogP contribution is -2.34. The predicted octanol–water partition coefficient (Wildman–Crippen LogP) is 1.14. The molecule has 1 unspecified atom stereocenters. The standard InChI is InChI=1S/C13H20N2O2/c1-10(2)17-12-5-3-4-11(15-12)8-13(16)6-7-14-9-13/h3-5,10,14,16H,6-9H2,1-2H3. The molecule has 2 rings (SSSR count). The van der Waals surface area contributed by atoms with Crippen LogP contribution >= 0.6 is 0 Å². The van der Waals surface area contributed by atoms with Crippen molar-refractivity contribution in [2.75, 3.05) is 13.1 Å². The van der Waals surface area contributed by atoms with Gasteiger partial charge in [-0.25, -0.2) is 4.98 Å². The third-order valence-electron chi connectivity index (χ3n) is 2.87. The quantitative estimate of drug-likeness (QED) is 0.823. The SMILES string of the molecule is CC(C)Oc1cccc(CC2(O)CCNC2)n1. The van der Waals surface area contributed by atoms with Crippen molar-refractivity contribution in [2.45, 2.75) is 38.4 Å². The lowest BCUT2D eigenvalue weighted by molar-refractivity contribution is 0.0607. The summed E-state index contributed by atoms with van der Waals surface area (Å²) >= 11 is 0. The molecule has 0 bridgehead atoms. The van der Waals surface area contributed by atoms with E-state index in [2.05, 4.69) is 10.3 Å². The number of aliphatic hydroxyl groups is 1. The molecule has 94 valence electrons. The summed E-state index contributed by atoms with van der Waals surface area (Å²) in [4.78, 5) is 4.41. The average molecular weight is 236 g/mol. The van der Waals surface area contributed by atoms with Crippen molar-refractivity contribution in [1.82, 2.24) is 10.3 Å². The van der Waals surface area contributed by atoms with Crippen molar-refractivity contribution in [1.29, 1.82) is 0 Å². The van der Waals surface area contributed by atoms with Crippen molar-refractivity contribution >= 4 is 0 Å². The van der Waals surface area contributed by atoms with Gasteiger partial charge in [-0.05, 0) is 32.9 Å². The van der Waals surface area contributed by atoms with Crippen LogP contribution < -0.4 is 10.1 Å². The summed E-state index contributed by atoms with van der Waals surface area (Å²) in [6, 6.07) is 5.70. The van der Waals surface area contributed by atoms with Crippen LogP contribution in [0.3, 0.4) is 0 Å². The van der Waals surface area contributed by atoms with E-state index in [0.717, 1.165) is 18.7 Å². The number of ether oxygens (including phenoxy) is 1. The number of hydrogen-bond acceptors (Lipinski definition) is 4. The Bertz CT molecular complexity index is 373. The number of nitrogens with zero attached hydrogens (tertiary/aromatic N) is 1. The summed E-state index contributed by atoms with van der Waals surface area (Å²) in [5.74, 6) is 0.632. The second-order valence-electron chi connectivity index (χ2n) is 4.96. The molecule has 1 aliphatic rings. The molecule has 1 saturated heterocycles. The zero-order valence-electron chi connectivity index (χ0n) is 10.4. The first kappa shape index (κ1) is 12.3. The van der Waals surface area contributed by atoms with E-state index < -0.39 is 5.60 Å². The van der Waals surface area contributed by atoms with Gasteiger partial charge in [0.25, 0.3) is 0 Å². The van der Waals surface area contributed by atoms with Gasteiger partial charge in [0.1, 0.15) is 0 Å². The van der Waals surface area contributed by atoms with E-state index in [1.165, 1.54) is 0 Å². The monoisotopic (exact) mass is 236 g/mol. The maximum absolute atomic E-state index is 10.3. The van der Waals surface area contributed by atoms with Crippen LogP contribution in [0.4, 0.5) is 0 Å². The van der Waals surface area contributed by atoms with Gasteiger partial charge in [0.15, 0.2) is 0 Å². The van der Waals surface area contributed by atoms with E-state index in [0.29, 0.717) is 18.8 Å². The predicted molar refractivity (Wildman–Crippen MR) is 66.1 cm³/mol. The van der Waals surface area contributed by atoms with Crippen LogP contribution in [-0.4, -0.2) is 34.9 Å². The van der Waals surface area contributed by atoms with Gasteiger partial charge < -0.3 is 15.2 Å². The van der Waals surface area contributed by atoms with E-state index in [-0.39, 0.29) is 6.10 Å². The summed E-state index contributed by atoms with van der Waals surface area (Å²) in [6.45, 7) is 5.47. The normalized spacial score (nSPS) is 24.2. The molecular weight excluding hydrogens is 216 g/mol. The Hall–Kier alpha value is -1.13. The lowest BCUT2D eigenvalue weighted by atomic mass is 9.97. The molecule has 4 nitrogen and oxygen atoms in total. The number of pyridine rings is 1. The van der Waals surface area contributed by atoms with E-state index in [1.807, 2.05) is 32.0 Å². The average Bonchev–Trinajstić information content (AvgIpc) is 2.64. The third-order valence-corrected chi connectivity index (χ3v) is 2.87.